The highest BCUT2D eigenvalue weighted by Crippen LogP contribution is 2.33. The van der Waals surface area contributed by atoms with Gasteiger partial charge in [0.1, 0.15) is 5.60 Å². The molecule has 0 aromatic rings. The van der Waals surface area contributed by atoms with E-state index in [1.165, 1.54) is 4.90 Å². The Hall–Kier alpha value is -1.30. The molecule has 2 aliphatic rings. The fraction of sp³-hybridized carbons (Fsp3) is 0.857. The number of carbonyl (C=O) groups excluding carboxylic acids is 1. The van der Waals surface area contributed by atoms with E-state index in [1.807, 2.05) is 0 Å². The van der Waals surface area contributed by atoms with Gasteiger partial charge in [0.05, 0.1) is 6.10 Å². The SMILES string of the molecule is CC(C)(C)OC(=O)N1CC2CCCCOC2C1C(=O)O. The zero-order chi connectivity index (χ0) is 14.9. The Kier molecular flexibility index (Phi) is 4.22. The van der Waals surface area contributed by atoms with Crippen LogP contribution in [0.2, 0.25) is 0 Å². The second-order valence-corrected chi connectivity index (χ2v) is 6.51. The lowest BCUT2D eigenvalue weighted by Crippen LogP contribution is -2.47. The number of carbonyl (C=O) groups is 2. The minimum Gasteiger partial charge on any atom is -0.480 e. The van der Waals surface area contributed by atoms with Crippen molar-refractivity contribution in [2.75, 3.05) is 13.2 Å². The number of rotatable bonds is 1. The van der Waals surface area contributed by atoms with Crippen LogP contribution in [0.15, 0.2) is 0 Å². The monoisotopic (exact) mass is 285 g/mol. The topological polar surface area (TPSA) is 76.1 Å². The molecule has 0 radical (unpaired) electrons. The zero-order valence-corrected chi connectivity index (χ0v) is 12.3. The first kappa shape index (κ1) is 15.1. The standard InChI is InChI=1S/C14H23NO5/c1-14(2,3)20-13(18)15-8-9-6-4-5-7-19-11(9)10(15)12(16)17/h9-11H,4-8H2,1-3H3,(H,16,17). The van der Waals surface area contributed by atoms with E-state index in [2.05, 4.69) is 0 Å². The van der Waals surface area contributed by atoms with Gasteiger partial charge in [0.25, 0.3) is 0 Å². The summed E-state index contributed by atoms with van der Waals surface area (Å²) in [5.74, 6) is -0.934. The molecule has 114 valence electrons. The van der Waals surface area contributed by atoms with Crippen LogP contribution in [0, 0.1) is 5.92 Å². The van der Waals surface area contributed by atoms with E-state index in [1.54, 1.807) is 20.8 Å². The molecule has 20 heavy (non-hydrogen) atoms. The van der Waals surface area contributed by atoms with Gasteiger partial charge in [0.15, 0.2) is 6.04 Å². The third-order valence-corrected chi connectivity index (χ3v) is 3.70. The molecule has 0 aliphatic carbocycles. The highest BCUT2D eigenvalue weighted by molar-refractivity contribution is 5.81. The molecule has 6 nitrogen and oxygen atoms in total. The highest BCUT2D eigenvalue weighted by atomic mass is 16.6. The molecule has 1 N–H and O–H groups in total. The van der Waals surface area contributed by atoms with Crippen molar-refractivity contribution in [3.8, 4) is 0 Å². The number of hydrogen-bond donors (Lipinski definition) is 1. The Balaban J connectivity index is 2.16. The number of amides is 1. The first-order valence-corrected chi connectivity index (χ1v) is 7.13. The Morgan fingerprint density at radius 2 is 2.00 bits per heavy atom. The Labute approximate surface area is 119 Å². The molecule has 2 aliphatic heterocycles. The average Bonchev–Trinajstić information content (AvgIpc) is 2.52. The van der Waals surface area contributed by atoms with Gasteiger partial charge in [-0.25, -0.2) is 9.59 Å². The van der Waals surface area contributed by atoms with Crippen molar-refractivity contribution in [2.45, 2.75) is 57.8 Å². The highest BCUT2D eigenvalue weighted by Gasteiger charge is 2.50. The number of likely N-dealkylation sites (tertiary alicyclic amines) is 1. The lowest BCUT2D eigenvalue weighted by Gasteiger charge is -2.28. The summed E-state index contributed by atoms with van der Waals surface area (Å²) in [5, 5.41) is 9.43. The molecule has 1 amide bonds. The summed E-state index contributed by atoms with van der Waals surface area (Å²) in [6, 6.07) is -0.937. The number of fused-ring (bicyclic) bond motifs is 1. The summed E-state index contributed by atoms with van der Waals surface area (Å²) < 4.78 is 11.0. The van der Waals surface area contributed by atoms with Crippen LogP contribution in [0.4, 0.5) is 4.79 Å². The van der Waals surface area contributed by atoms with E-state index < -0.39 is 29.8 Å². The lowest BCUT2D eigenvalue weighted by atomic mass is 9.97. The van der Waals surface area contributed by atoms with Crippen LogP contribution in [0.25, 0.3) is 0 Å². The average molecular weight is 285 g/mol. The van der Waals surface area contributed by atoms with Gasteiger partial charge in [-0.15, -0.1) is 0 Å². The van der Waals surface area contributed by atoms with Crippen LogP contribution in [-0.2, 0) is 14.3 Å². The molecule has 0 aromatic carbocycles. The van der Waals surface area contributed by atoms with Gasteiger partial charge in [-0.1, -0.05) is 6.42 Å². The largest absolute Gasteiger partial charge is 0.480 e. The number of carboxylic acids is 1. The molecule has 3 unspecified atom stereocenters. The number of hydrogen-bond acceptors (Lipinski definition) is 4. The van der Waals surface area contributed by atoms with Crippen LogP contribution < -0.4 is 0 Å². The van der Waals surface area contributed by atoms with E-state index >= 15 is 0 Å². The molecule has 2 rings (SSSR count). The number of ether oxygens (including phenoxy) is 2. The van der Waals surface area contributed by atoms with Gasteiger partial charge < -0.3 is 14.6 Å². The van der Waals surface area contributed by atoms with E-state index in [0.717, 1.165) is 19.3 Å². The van der Waals surface area contributed by atoms with E-state index in [-0.39, 0.29) is 5.92 Å². The second-order valence-electron chi connectivity index (χ2n) is 6.51. The molecule has 0 bridgehead atoms. The quantitative estimate of drug-likeness (QED) is 0.796. The normalized spacial score (nSPS) is 30.6. The molecular weight excluding hydrogens is 262 g/mol. The van der Waals surface area contributed by atoms with Crippen LogP contribution >= 0.6 is 0 Å². The Morgan fingerprint density at radius 3 is 2.60 bits per heavy atom. The number of nitrogens with zero attached hydrogens (tertiary/aromatic N) is 1. The summed E-state index contributed by atoms with van der Waals surface area (Å²) in [6.07, 6.45) is 1.87. The summed E-state index contributed by atoms with van der Waals surface area (Å²) in [4.78, 5) is 25.0. The Morgan fingerprint density at radius 1 is 1.30 bits per heavy atom. The maximum absolute atomic E-state index is 12.2. The van der Waals surface area contributed by atoms with Crippen LogP contribution in [-0.4, -0.2) is 53.0 Å². The number of aliphatic carboxylic acids is 1. The van der Waals surface area contributed by atoms with Gasteiger partial charge in [-0.05, 0) is 33.6 Å². The smallest absolute Gasteiger partial charge is 0.411 e. The molecule has 0 saturated carbocycles. The molecule has 2 fully saturated rings. The van der Waals surface area contributed by atoms with Crippen molar-refractivity contribution in [3.63, 3.8) is 0 Å². The van der Waals surface area contributed by atoms with E-state index in [9.17, 15) is 14.7 Å². The predicted molar refractivity (Wildman–Crippen MR) is 71.4 cm³/mol. The summed E-state index contributed by atoms with van der Waals surface area (Å²) in [5.41, 5.74) is -0.633. The molecule has 3 atom stereocenters. The molecular formula is C14H23NO5. The Bertz CT molecular complexity index is 390. The van der Waals surface area contributed by atoms with Crippen molar-refractivity contribution in [1.29, 1.82) is 0 Å². The van der Waals surface area contributed by atoms with Crippen LogP contribution in [0.3, 0.4) is 0 Å². The van der Waals surface area contributed by atoms with Gasteiger partial charge >= 0.3 is 12.1 Å². The molecule has 6 heteroatoms. The molecule has 2 heterocycles. The van der Waals surface area contributed by atoms with Crippen molar-refractivity contribution in [2.24, 2.45) is 5.92 Å². The summed E-state index contributed by atoms with van der Waals surface area (Å²) in [7, 11) is 0. The number of carboxylic acid groups (broad SMARTS) is 1. The second kappa shape index (κ2) is 5.60. The summed E-state index contributed by atoms with van der Waals surface area (Å²) in [6.45, 7) is 6.27. The fourth-order valence-electron chi connectivity index (χ4n) is 2.90. The lowest BCUT2D eigenvalue weighted by molar-refractivity contribution is -0.146. The van der Waals surface area contributed by atoms with Crippen molar-refractivity contribution in [3.05, 3.63) is 0 Å². The molecule has 0 spiro atoms. The van der Waals surface area contributed by atoms with E-state index in [0.29, 0.717) is 13.2 Å². The van der Waals surface area contributed by atoms with Crippen molar-refractivity contribution >= 4 is 12.1 Å². The first-order chi connectivity index (χ1) is 9.29. The third kappa shape index (κ3) is 3.23. The maximum Gasteiger partial charge on any atom is 0.411 e. The fourth-order valence-corrected chi connectivity index (χ4v) is 2.90. The van der Waals surface area contributed by atoms with Gasteiger partial charge in [0, 0.05) is 19.1 Å². The van der Waals surface area contributed by atoms with Crippen LogP contribution in [0.1, 0.15) is 40.0 Å². The van der Waals surface area contributed by atoms with Gasteiger partial charge in [-0.2, -0.15) is 0 Å². The van der Waals surface area contributed by atoms with Gasteiger partial charge in [0.2, 0.25) is 0 Å². The predicted octanol–water partition coefficient (Wildman–Crippen LogP) is 1.88. The molecule has 2 saturated heterocycles. The van der Waals surface area contributed by atoms with Crippen molar-refractivity contribution < 1.29 is 24.2 Å². The maximum atomic E-state index is 12.2. The van der Waals surface area contributed by atoms with Gasteiger partial charge in [-0.3, -0.25) is 4.90 Å². The minimum atomic E-state index is -1.02. The van der Waals surface area contributed by atoms with Crippen molar-refractivity contribution in [1.82, 2.24) is 4.90 Å². The molecule has 0 aromatic heterocycles. The first-order valence-electron chi connectivity index (χ1n) is 7.13. The third-order valence-electron chi connectivity index (χ3n) is 3.70. The van der Waals surface area contributed by atoms with Crippen LogP contribution in [0.5, 0.6) is 0 Å². The zero-order valence-electron chi connectivity index (χ0n) is 12.3. The summed E-state index contributed by atoms with van der Waals surface area (Å²) >= 11 is 0. The minimum absolute atomic E-state index is 0.0890. The van der Waals surface area contributed by atoms with E-state index in [4.69, 9.17) is 9.47 Å².